The zero-order chi connectivity index (χ0) is 28.5. The average molecular weight is 551 g/mol. The van der Waals surface area contributed by atoms with Crippen LogP contribution in [0.4, 0.5) is 16.2 Å². The fourth-order valence-electron chi connectivity index (χ4n) is 6.29. The van der Waals surface area contributed by atoms with Gasteiger partial charge in [-0.05, 0) is 36.6 Å². The summed E-state index contributed by atoms with van der Waals surface area (Å²) in [5, 5.41) is 3.81. The number of esters is 2. The number of hydrogen-bond donors (Lipinski definition) is 1. The van der Waals surface area contributed by atoms with Crippen LogP contribution in [-0.4, -0.2) is 34.1 Å². The predicted molar refractivity (Wildman–Crippen MR) is 151 cm³/mol. The number of cyclic esters (lactones) is 1. The molecule has 3 aliphatic heterocycles. The Balaban J connectivity index is 1.44. The highest BCUT2D eigenvalue weighted by Crippen LogP contribution is 2.47. The Morgan fingerprint density at radius 1 is 1.10 bits per heavy atom. The molecule has 0 bridgehead atoms. The molecule has 0 saturated heterocycles. The first-order valence-electron chi connectivity index (χ1n) is 13.5. The molecule has 10 nitrogen and oxygen atoms in total. The van der Waals surface area contributed by atoms with Gasteiger partial charge in [-0.15, -0.1) is 0 Å². The Bertz CT molecular complexity index is 1860. The van der Waals surface area contributed by atoms with Gasteiger partial charge in [0.15, 0.2) is 0 Å². The van der Waals surface area contributed by atoms with E-state index >= 15 is 0 Å². The Morgan fingerprint density at radius 2 is 1.90 bits per heavy atom. The lowest BCUT2D eigenvalue weighted by atomic mass is 9.85. The molecular formula is C31H26N4O6. The van der Waals surface area contributed by atoms with Crippen molar-refractivity contribution in [1.29, 1.82) is 0 Å². The summed E-state index contributed by atoms with van der Waals surface area (Å²) in [6.45, 7) is 3.33. The second-order valence-corrected chi connectivity index (χ2v) is 10.5. The van der Waals surface area contributed by atoms with Gasteiger partial charge in [-0.2, -0.15) is 0 Å². The lowest BCUT2D eigenvalue weighted by Crippen LogP contribution is -2.47. The van der Waals surface area contributed by atoms with Gasteiger partial charge in [0.2, 0.25) is 5.60 Å². The van der Waals surface area contributed by atoms with Crippen LogP contribution in [-0.2, 0) is 44.2 Å². The van der Waals surface area contributed by atoms with Crippen molar-refractivity contribution >= 4 is 40.2 Å². The Kier molecular flexibility index (Phi) is 5.50. The zero-order valence-corrected chi connectivity index (χ0v) is 22.5. The van der Waals surface area contributed by atoms with Crippen molar-refractivity contribution in [2.45, 2.75) is 45.4 Å². The van der Waals surface area contributed by atoms with Gasteiger partial charge >= 0.3 is 18.0 Å². The molecule has 7 rings (SSSR count). The average Bonchev–Trinajstić information content (AvgIpc) is 3.33. The number of anilines is 2. The lowest BCUT2D eigenvalue weighted by Gasteiger charge is -2.35. The van der Waals surface area contributed by atoms with E-state index in [1.807, 2.05) is 48.5 Å². The topological polar surface area (TPSA) is 120 Å². The van der Waals surface area contributed by atoms with Crippen LogP contribution in [0.25, 0.3) is 22.3 Å². The molecule has 0 fully saturated rings. The largest absolute Gasteiger partial charge is 0.457 e. The maximum Gasteiger partial charge on any atom is 0.355 e. The monoisotopic (exact) mass is 550 g/mol. The van der Waals surface area contributed by atoms with Crippen LogP contribution in [0.5, 0.6) is 0 Å². The van der Waals surface area contributed by atoms with Crippen LogP contribution < -0.4 is 15.8 Å². The summed E-state index contributed by atoms with van der Waals surface area (Å²) in [7, 11) is 0. The molecule has 0 spiro atoms. The van der Waals surface area contributed by atoms with Crippen LogP contribution in [0.1, 0.15) is 42.5 Å². The maximum atomic E-state index is 13.9. The number of aromatic nitrogens is 2. The van der Waals surface area contributed by atoms with Crippen molar-refractivity contribution in [3.8, 4) is 11.4 Å². The van der Waals surface area contributed by atoms with Crippen molar-refractivity contribution in [1.82, 2.24) is 9.55 Å². The first-order valence-corrected chi connectivity index (χ1v) is 13.5. The second kappa shape index (κ2) is 9.02. The van der Waals surface area contributed by atoms with Crippen LogP contribution >= 0.6 is 0 Å². The summed E-state index contributed by atoms with van der Waals surface area (Å²) in [5.74, 6) is -1.36. The number of benzene rings is 2. The molecule has 10 heteroatoms. The van der Waals surface area contributed by atoms with Crippen molar-refractivity contribution < 1.29 is 23.9 Å². The van der Waals surface area contributed by atoms with Gasteiger partial charge in [-0.3, -0.25) is 14.5 Å². The van der Waals surface area contributed by atoms with Gasteiger partial charge in [0.05, 0.1) is 40.4 Å². The highest BCUT2D eigenvalue weighted by molar-refractivity contribution is 6.19. The number of carbonyl (C=O) groups is 3. The van der Waals surface area contributed by atoms with Crippen LogP contribution in [0.3, 0.4) is 0 Å². The summed E-state index contributed by atoms with van der Waals surface area (Å²) in [5.41, 5.74) is 3.45. The van der Waals surface area contributed by atoms with E-state index in [1.54, 1.807) is 22.5 Å². The number of urea groups is 1. The van der Waals surface area contributed by atoms with E-state index in [0.717, 1.165) is 22.2 Å². The summed E-state index contributed by atoms with van der Waals surface area (Å²) in [6, 6.07) is 17.0. The van der Waals surface area contributed by atoms with Crippen molar-refractivity contribution in [3.05, 3.63) is 87.2 Å². The number of hydrogen-bond acceptors (Lipinski definition) is 7. The third-order valence-electron chi connectivity index (χ3n) is 8.19. The summed E-state index contributed by atoms with van der Waals surface area (Å²) in [4.78, 5) is 59.1. The van der Waals surface area contributed by atoms with E-state index in [4.69, 9.17) is 14.5 Å². The number of rotatable bonds is 5. The SMILES string of the molecule is CC[C@@]1(OC(C)=O)C(=O)OCc2c1cc1n(c2=O)Cc2c-1nc1cccc3c1c2N(CCc1ccccc1)C(=O)N3. The number of amides is 2. The van der Waals surface area contributed by atoms with Crippen molar-refractivity contribution in [2.24, 2.45) is 0 Å². The molecule has 206 valence electrons. The normalized spacial score (nSPS) is 18.3. The summed E-state index contributed by atoms with van der Waals surface area (Å²) < 4.78 is 12.5. The number of nitrogens with zero attached hydrogens (tertiary/aromatic N) is 3. The predicted octanol–water partition coefficient (Wildman–Crippen LogP) is 4.25. The van der Waals surface area contributed by atoms with E-state index in [1.165, 1.54) is 6.92 Å². The third-order valence-corrected chi connectivity index (χ3v) is 8.19. The molecule has 2 amide bonds. The summed E-state index contributed by atoms with van der Waals surface area (Å²) in [6.07, 6.45) is 0.735. The van der Waals surface area contributed by atoms with E-state index in [-0.39, 0.29) is 36.7 Å². The molecule has 5 heterocycles. The molecule has 0 aliphatic carbocycles. The molecule has 0 radical (unpaired) electrons. The Hall–Kier alpha value is -4.99. The van der Waals surface area contributed by atoms with E-state index < -0.39 is 17.5 Å². The lowest BCUT2D eigenvalue weighted by molar-refractivity contribution is -0.188. The van der Waals surface area contributed by atoms with Gasteiger partial charge in [-0.1, -0.05) is 43.3 Å². The maximum absolute atomic E-state index is 13.9. The third kappa shape index (κ3) is 3.60. The molecule has 0 unspecified atom stereocenters. The number of ether oxygens (including phenoxy) is 2. The molecule has 0 saturated carbocycles. The van der Waals surface area contributed by atoms with Crippen molar-refractivity contribution in [2.75, 3.05) is 16.8 Å². The number of fused-ring (bicyclic) bond motifs is 5. The highest BCUT2D eigenvalue weighted by Gasteiger charge is 2.50. The minimum atomic E-state index is -1.73. The highest BCUT2D eigenvalue weighted by atomic mass is 16.6. The standard InChI is InChI=1S/C31H26N4O6/c1-3-31(41-17(2)36)21-14-24-26-19(15-35(24)28(37)20(21)16-40-29(31)38)27-25-22(32-26)10-7-11-23(25)33-30(39)34(27)13-12-18-8-5-4-6-9-18/h4-11,14H,3,12-13,15-16H2,1-2H3,(H,33,39)/t31-/m0/s1. The molecular weight excluding hydrogens is 524 g/mol. The molecule has 1 N–H and O–H groups in total. The molecule has 4 aromatic rings. The Morgan fingerprint density at radius 3 is 2.66 bits per heavy atom. The molecule has 2 aromatic heterocycles. The fourth-order valence-corrected chi connectivity index (χ4v) is 6.29. The van der Waals surface area contributed by atoms with Crippen molar-refractivity contribution in [3.63, 3.8) is 0 Å². The van der Waals surface area contributed by atoms with Gasteiger partial charge in [0, 0.05) is 30.0 Å². The van der Waals surface area contributed by atoms with Crippen LogP contribution in [0, 0.1) is 0 Å². The molecule has 2 aromatic carbocycles. The Labute approximate surface area is 234 Å². The summed E-state index contributed by atoms with van der Waals surface area (Å²) >= 11 is 0. The van der Waals surface area contributed by atoms with Crippen LogP contribution in [0.2, 0.25) is 0 Å². The number of carbonyl (C=O) groups excluding carboxylic acids is 3. The minimum absolute atomic E-state index is 0.0986. The first-order chi connectivity index (χ1) is 19.8. The zero-order valence-electron chi connectivity index (χ0n) is 22.5. The van der Waals surface area contributed by atoms with E-state index in [0.29, 0.717) is 41.1 Å². The van der Waals surface area contributed by atoms with E-state index in [9.17, 15) is 19.2 Å². The first kappa shape index (κ1) is 25.0. The molecule has 3 aliphatic rings. The fraction of sp³-hybridized carbons (Fsp3) is 0.258. The quantitative estimate of drug-likeness (QED) is 0.325. The smallest absolute Gasteiger partial charge is 0.355 e. The van der Waals surface area contributed by atoms with Gasteiger partial charge in [-0.25, -0.2) is 14.6 Å². The van der Waals surface area contributed by atoms with Gasteiger partial charge in [0.25, 0.3) is 5.56 Å². The minimum Gasteiger partial charge on any atom is -0.457 e. The van der Waals surface area contributed by atoms with Crippen LogP contribution in [0.15, 0.2) is 59.4 Å². The van der Waals surface area contributed by atoms with Gasteiger partial charge < -0.3 is 19.4 Å². The molecule has 1 atom stereocenters. The second-order valence-electron chi connectivity index (χ2n) is 10.5. The van der Waals surface area contributed by atoms with Gasteiger partial charge in [0.1, 0.15) is 6.61 Å². The number of pyridine rings is 2. The number of nitrogens with one attached hydrogen (secondary N) is 1. The van der Waals surface area contributed by atoms with E-state index in [2.05, 4.69) is 5.32 Å². The molecule has 41 heavy (non-hydrogen) atoms.